The number of rotatable bonds is 3. The van der Waals surface area contributed by atoms with Gasteiger partial charge in [-0.25, -0.2) is 4.98 Å². The van der Waals surface area contributed by atoms with E-state index in [1.807, 2.05) is 13.0 Å². The van der Waals surface area contributed by atoms with Gasteiger partial charge in [0.05, 0.1) is 0 Å². The van der Waals surface area contributed by atoms with Crippen LogP contribution < -0.4 is 10.5 Å². The van der Waals surface area contributed by atoms with E-state index in [2.05, 4.69) is 31.1 Å². The number of ether oxygens (including phenoxy) is 1. The zero-order valence-corrected chi connectivity index (χ0v) is 10.3. The molecule has 2 heterocycles. The van der Waals surface area contributed by atoms with E-state index < -0.39 is 0 Å². The Labute approximate surface area is 101 Å². The second kappa shape index (κ2) is 4.63. The molecule has 2 aromatic rings. The molecule has 0 fully saturated rings. The van der Waals surface area contributed by atoms with Crippen LogP contribution in [0.1, 0.15) is 11.3 Å². The van der Waals surface area contributed by atoms with Crippen molar-refractivity contribution in [2.75, 3.05) is 0 Å². The predicted molar refractivity (Wildman–Crippen MR) is 63.2 cm³/mol. The van der Waals surface area contributed by atoms with Crippen molar-refractivity contribution in [3.05, 3.63) is 34.1 Å². The summed E-state index contributed by atoms with van der Waals surface area (Å²) in [6.45, 7) is 2.27. The molecule has 0 amide bonds. The minimum atomic E-state index is 0.366. The van der Waals surface area contributed by atoms with Gasteiger partial charge in [-0.2, -0.15) is 0 Å². The lowest BCUT2D eigenvalue weighted by Crippen LogP contribution is -2.01. The van der Waals surface area contributed by atoms with E-state index in [1.165, 1.54) is 0 Å². The molecular weight excluding hydrogens is 272 g/mol. The van der Waals surface area contributed by atoms with Gasteiger partial charge in [0.15, 0.2) is 0 Å². The molecule has 2 rings (SSSR count). The number of aromatic amines is 1. The molecule has 0 saturated carbocycles. The van der Waals surface area contributed by atoms with Crippen LogP contribution in [0, 0.1) is 6.92 Å². The lowest BCUT2D eigenvalue weighted by atomic mass is 10.3. The third kappa shape index (κ3) is 2.40. The average Bonchev–Trinajstić information content (AvgIpc) is 2.67. The smallest absolute Gasteiger partial charge is 0.240 e. The van der Waals surface area contributed by atoms with Crippen molar-refractivity contribution < 1.29 is 4.74 Å². The summed E-state index contributed by atoms with van der Waals surface area (Å²) in [4.78, 5) is 4.15. The van der Waals surface area contributed by atoms with Crippen LogP contribution in [-0.4, -0.2) is 15.2 Å². The number of hydrogen-bond acceptors (Lipinski definition) is 4. The van der Waals surface area contributed by atoms with Crippen molar-refractivity contribution in [3.8, 4) is 11.8 Å². The fourth-order valence-electron chi connectivity index (χ4n) is 1.25. The Morgan fingerprint density at radius 3 is 2.94 bits per heavy atom. The molecule has 0 aliphatic heterocycles. The fraction of sp³-hybridized carbons (Fsp3) is 0.200. The van der Waals surface area contributed by atoms with Gasteiger partial charge in [-0.1, -0.05) is 0 Å². The summed E-state index contributed by atoms with van der Waals surface area (Å²) in [7, 11) is 0. The molecule has 0 aliphatic carbocycles. The number of aromatic nitrogens is 3. The molecule has 0 radical (unpaired) electrons. The Balaban J connectivity index is 2.27. The molecule has 0 spiro atoms. The summed E-state index contributed by atoms with van der Waals surface area (Å²) in [6, 6.07) is 3.67. The first kappa shape index (κ1) is 11.1. The Kier molecular flexibility index (Phi) is 3.21. The maximum atomic E-state index is 5.61. The summed E-state index contributed by atoms with van der Waals surface area (Å²) in [6.07, 6.45) is 1.66. The highest BCUT2D eigenvalue weighted by molar-refractivity contribution is 9.10. The molecule has 0 saturated heterocycles. The minimum Gasteiger partial charge on any atom is -0.419 e. The van der Waals surface area contributed by atoms with Crippen LogP contribution >= 0.6 is 15.9 Å². The average molecular weight is 283 g/mol. The summed E-state index contributed by atoms with van der Waals surface area (Å²) in [5.41, 5.74) is 7.37. The topological polar surface area (TPSA) is 76.8 Å². The maximum Gasteiger partial charge on any atom is 0.240 e. The molecule has 84 valence electrons. The number of aryl methyl sites for hydroxylation is 1. The highest BCUT2D eigenvalue weighted by atomic mass is 79.9. The van der Waals surface area contributed by atoms with Gasteiger partial charge in [0, 0.05) is 34.5 Å². The first-order valence-corrected chi connectivity index (χ1v) is 5.52. The second-order valence-corrected chi connectivity index (χ2v) is 4.23. The van der Waals surface area contributed by atoms with Crippen molar-refractivity contribution in [1.29, 1.82) is 0 Å². The van der Waals surface area contributed by atoms with Crippen LogP contribution in [0.3, 0.4) is 0 Å². The summed E-state index contributed by atoms with van der Waals surface area (Å²) in [5, 5.41) is 6.76. The third-order valence-electron chi connectivity index (χ3n) is 2.00. The standard InChI is InChI=1S/C10H11BrN4O/c1-6-2-9(15-14-6)16-10-7(4-12)3-8(11)5-13-10/h2-3,5H,4,12H2,1H3,(H,14,15). The van der Waals surface area contributed by atoms with Gasteiger partial charge in [-0.05, 0) is 28.9 Å². The van der Waals surface area contributed by atoms with Crippen LogP contribution in [0.5, 0.6) is 11.8 Å². The third-order valence-corrected chi connectivity index (χ3v) is 2.43. The predicted octanol–water partition coefficient (Wildman–Crippen LogP) is 2.13. The number of H-pyrrole nitrogens is 1. The van der Waals surface area contributed by atoms with Gasteiger partial charge in [-0.15, -0.1) is 5.10 Å². The van der Waals surface area contributed by atoms with Crippen LogP contribution in [-0.2, 0) is 6.54 Å². The van der Waals surface area contributed by atoms with E-state index in [0.29, 0.717) is 18.3 Å². The molecule has 2 aromatic heterocycles. The molecule has 16 heavy (non-hydrogen) atoms. The number of nitrogens with zero attached hydrogens (tertiary/aromatic N) is 2. The lowest BCUT2D eigenvalue weighted by Gasteiger charge is -2.06. The van der Waals surface area contributed by atoms with Crippen LogP contribution in [0.25, 0.3) is 0 Å². The summed E-state index contributed by atoms with van der Waals surface area (Å²) >= 11 is 3.33. The molecule has 0 aliphatic rings. The normalized spacial score (nSPS) is 10.4. The van der Waals surface area contributed by atoms with Gasteiger partial charge >= 0.3 is 0 Å². The van der Waals surface area contributed by atoms with E-state index in [1.54, 1.807) is 12.3 Å². The van der Waals surface area contributed by atoms with Crippen molar-refractivity contribution in [2.45, 2.75) is 13.5 Å². The minimum absolute atomic E-state index is 0.366. The highest BCUT2D eigenvalue weighted by Crippen LogP contribution is 2.24. The van der Waals surface area contributed by atoms with Crippen molar-refractivity contribution in [1.82, 2.24) is 15.2 Å². The van der Waals surface area contributed by atoms with Gasteiger partial charge in [0.1, 0.15) is 0 Å². The van der Waals surface area contributed by atoms with E-state index in [4.69, 9.17) is 10.5 Å². The monoisotopic (exact) mass is 282 g/mol. The number of pyridine rings is 1. The number of halogens is 1. The van der Waals surface area contributed by atoms with E-state index in [9.17, 15) is 0 Å². The molecule has 0 aromatic carbocycles. The SMILES string of the molecule is Cc1cc(Oc2ncc(Br)cc2CN)n[nH]1. The zero-order valence-electron chi connectivity index (χ0n) is 8.70. The molecule has 3 N–H and O–H groups in total. The van der Waals surface area contributed by atoms with Crippen molar-refractivity contribution in [2.24, 2.45) is 5.73 Å². The first-order chi connectivity index (χ1) is 7.69. The quantitative estimate of drug-likeness (QED) is 0.904. The van der Waals surface area contributed by atoms with Crippen LogP contribution in [0.4, 0.5) is 0 Å². The Hall–Kier alpha value is -1.40. The van der Waals surface area contributed by atoms with Gasteiger partial charge in [0.2, 0.25) is 11.8 Å². The molecule has 0 bridgehead atoms. The zero-order chi connectivity index (χ0) is 11.5. The van der Waals surface area contributed by atoms with E-state index in [0.717, 1.165) is 15.7 Å². The summed E-state index contributed by atoms with van der Waals surface area (Å²) in [5.74, 6) is 0.972. The van der Waals surface area contributed by atoms with Crippen LogP contribution in [0.2, 0.25) is 0 Å². The summed E-state index contributed by atoms with van der Waals surface area (Å²) < 4.78 is 6.40. The van der Waals surface area contributed by atoms with Gasteiger partial charge in [-0.3, -0.25) is 5.10 Å². The lowest BCUT2D eigenvalue weighted by molar-refractivity contribution is 0.437. The molecule has 0 unspecified atom stereocenters. The maximum absolute atomic E-state index is 5.61. The Bertz CT molecular complexity index is 497. The number of nitrogens with two attached hydrogens (primary N) is 1. The van der Waals surface area contributed by atoms with Crippen molar-refractivity contribution in [3.63, 3.8) is 0 Å². The Morgan fingerprint density at radius 1 is 1.50 bits per heavy atom. The van der Waals surface area contributed by atoms with Crippen LogP contribution in [0.15, 0.2) is 22.8 Å². The van der Waals surface area contributed by atoms with E-state index >= 15 is 0 Å². The van der Waals surface area contributed by atoms with Gasteiger partial charge < -0.3 is 10.5 Å². The number of nitrogens with one attached hydrogen (secondary N) is 1. The molecule has 0 atom stereocenters. The highest BCUT2D eigenvalue weighted by Gasteiger charge is 2.07. The Morgan fingerprint density at radius 2 is 2.31 bits per heavy atom. The molecule has 5 nitrogen and oxygen atoms in total. The number of hydrogen-bond donors (Lipinski definition) is 2. The van der Waals surface area contributed by atoms with Crippen molar-refractivity contribution >= 4 is 15.9 Å². The second-order valence-electron chi connectivity index (χ2n) is 3.31. The largest absolute Gasteiger partial charge is 0.419 e. The molecular formula is C10H11BrN4O. The van der Waals surface area contributed by atoms with Gasteiger partial charge in [0.25, 0.3) is 0 Å². The first-order valence-electron chi connectivity index (χ1n) is 4.73. The fourth-order valence-corrected chi connectivity index (χ4v) is 1.63. The van der Waals surface area contributed by atoms with E-state index in [-0.39, 0.29) is 0 Å². The molecule has 6 heteroatoms.